The van der Waals surface area contributed by atoms with Gasteiger partial charge < -0.3 is 10.1 Å². The highest BCUT2D eigenvalue weighted by Gasteiger charge is 2.11. The van der Waals surface area contributed by atoms with Crippen LogP contribution in [0.2, 0.25) is 0 Å². The minimum atomic E-state index is -0.736. The van der Waals surface area contributed by atoms with Crippen LogP contribution in [0.4, 0.5) is 10.1 Å². The third-order valence-electron chi connectivity index (χ3n) is 3.10. The highest BCUT2D eigenvalue weighted by atomic mass is 79.9. The van der Waals surface area contributed by atoms with Gasteiger partial charge in [-0.05, 0) is 68.6 Å². The summed E-state index contributed by atoms with van der Waals surface area (Å²) >= 11 is 6.73. The molecule has 0 bridgehead atoms. The number of esters is 1. The minimum absolute atomic E-state index is 0.261. The summed E-state index contributed by atoms with van der Waals surface area (Å²) in [5.74, 6) is -1.67. The van der Waals surface area contributed by atoms with Crippen molar-refractivity contribution in [3.8, 4) is 0 Å². The van der Waals surface area contributed by atoms with Gasteiger partial charge in [0.1, 0.15) is 5.82 Å². The SMILES string of the molecule is Cc1cc(Br)c(NC(=O)COC(=O)/C=C/c2ccccc2F)c(Br)c1. The fraction of sp³-hybridized carbons (Fsp3) is 0.111. The van der Waals surface area contributed by atoms with Crippen LogP contribution in [0, 0.1) is 12.7 Å². The van der Waals surface area contributed by atoms with Crippen molar-refractivity contribution in [1.82, 2.24) is 0 Å². The third-order valence-corrected chi connectivity index (χ3v) is 4.35. The number of hydrogen-bond donors (Lipinski definition) is 1. The van der Waals surface area contributed by atoms with Crippen LogP contribution in [0.5, 0.6) is 0 Å². The summed E-state index contributed by atoms with van der Waals surface area (Å²) in [6, 6.07) is 9.72. The number of carbonyl (C=O) groups excluding carboxylic acids is 2. The Bertz CT molecular complexity index is 814. The maximum Gasteiger partial charge on any atom is 0.331 e. The molecule has 0 aliphatic rings. The second kappa shape index (κ2) is 8.92. The number of rotatable bonds is 5. The molecule has 1 N–H and O–H groups in total. The zero-order chi connectivity index (χ0) is 18.4. The van der Waals surface area contributed by atoms with Gasteiger partial charge in [-0.1, -0.05) is 18.2 Å². The van der Waals surface area contributed by atoms with E-state index in [0.717, 1.165) is 11.6 Å². The summed E-state index contributed by atoms with van der Waals surface area (Å²) in [7, 11) is 0. The number of hydrogen-bond acceptors (Lipinski definition) is 3. The number of nitrogens with one attached hydrogen (secondary N) is 1. The lowest BCUT2D eigenvalue weighted by Crippen LogP contribution is -2.20. The Morgan fingerprint density at radius 1 is 1.20 bits per heavy atom. The van der Waals surface area contributed by atoms with Gasteiger partial charge in [0.05, 0.1) is 5.69 Å². The van der Waals surface area contributed by atoms with E-state index in [1.807, 2.05) is 19.1 Å². The van der Waals surface area contributed by atoms with Crippen molar-refractivity contribution >= 4 is 55.5 Å². The van der Waals surface area contributed by atoms with Crippen LogP contribution in [0.25, 0.3) is 6.08 Å². The van der Waals surface area contributed by atoms with Crippen molar-refractivity contribution < 1.29 is 18.7 Å². The molecule has 4 nitrogen and oxygen atoms in total. The lowest BCUT2D eigenvalue weighted by atomic mass is 10.2. The van der Waals surface area contributed by atoms with Crippen LogP contribution < -0.4 is 5.32 Å². The lowest BCUT2D eigenvalue weighted by Gasteiger charge is -2.10. The molecule has 0 heterocycles. The van der Waals surface area contributed by atoms with Gasteiger partial charge in [0.2, 0.25) is 0 Å². The monoisotopic (exact) mass is 469 g/mol. The van der Waals surface area contributed by atoms with Crippen LogP contribution in [-0.2, 0) is 14.3 Å². The van der Waals surface area contributed by atoms with Crippen molar-refractivity contribution in [2.24, 2.45) is 0 Å². The van der Waals surface area contributed by atoms with E-state index in [-0.39, 0.29) is 5.56 Å². The molecule has 0 saturated carbocycles. The molecule has 130 valence electrons. The molecule has 2 aromatic carbocycles. The molecule has 0 saturated heterocycles. The van der Waals surface area contributed by atoms with Gasteiger partial charge in [-0.15, -0.1) is 0 Å². The van der Waals surface area contributed by atoms with Gasteiger partial charge in [0.25, 0.3) is 5.91 Å². The van der Waals surface area contributed by atoms with E-state index in [2.05, 4.69) is 37.2 Å². The first kappa shape index (κ1) is 19.3. The topological polar surface area (TPSA) is 55.4 Å². The number of amides is 1. The summed E-state index contributed by atoms with van der Waals surface area (Å²) in [4.78, 5) is 23.6. The van der Waals surface area contributed by atoms with Crippen LogP contribution in [0.1, 0.15) is 11.1 Å². The summed E-state index contributed by atoms with van der Waals surface area (Å²) in [6.45, 7) is 1.47. The standard InChI is InChI=1S/C18H14Br2FNO3/c1-11-8-13(19)18(14(20)9-11)22-16(23)10-25-17(24)7-6-12-4-2-3-5-15(12)21/h2-9H,10H2,1H3,(H,22,23)/b7-6+. The number of carbonyl (C=O) groups is 2. The number of ether oxygens (including phenoxy) is 1. The Balaban J connectivity index is 1.90. The van der Waals surface area contributed by atoms with Crippen molar-refractivity contribution in [3.63, 3.8) is 0 Å². The third kappa shape index (κ3) is 5.79. The number of benzene rings is 2. The molecule has 2 aromatic rings. The van der Waals surface area contributed by atoms with E-state index in [4.69, 9.17) is 4.74 Å². The Kier molecular flexibility index (Phi) is 6.90. The van der Waals surface area contributed by atoms with Crippen molar-refractivity contribution in [2.75, 3.05) is 11.9 Å². The zero-order valence-corrected chi connectivity index (χ0v) is 16.4. The molecule has 25 heavy (non-hydrogen) atoms. The first-order chi connectivity index (χ1) is 11.9. The van der Waals surface area contributed by atoms with Gasteiger partial charge in [0, 0.05) is 20.6 Å². The Morgan fingerprint density at radius 2 is 1.84 bits per heavy atom. The summed E-state index contributed by atoms with van der Waals surface area (Å²) in [6.07, 6.45) is 2.37. The molecule has 1 amide bonds. The zero-order valence-electron chi connectivity index (χ0n) is 13.2. The maximum absolute atomic E-state index is 13.4. The average molecular weight is 471 g/mol. The molecule has 0 atom stereocenters. The van der Waals surface area contributed by atoms with E-state index >= 15 is 0 Å². The molecule has 0 aromatic heterocycles. The van der Waals surface area contributed by atoms with E-state index < -0.39 is 24.3 Å². The van der Waals surface area contributed by atoms with E-state index in [0.29, 0.717) is 14.6 Å². The first-order valence-corrected chi connectivity index (χ1v) is 8.80. The second-order valence-corrected chi connectivity index (χ2v) is 6.82. The highest BCUT2D eigenvalue weighted by molar-refractivity contribution is 9.11. The summed E-state index contributed by atoms with van der Waals surface area (Å²) in [5.41, 5.74) is 1.83. The number of aryl methyl sites for hydroxylation is 1. The smallest absolute Gasteiger partial charge is 0.331 e. The van der Waals surface area contributed by atoms with Gasteiger partial charge in [-0.3, -0.25) is 4.79 Å². The molecular weight excluding hydrogens is 457 g/mol. The highest BCUT2D eigenvalue weighted by Crippen LogP contribution is 2.32. The number of anilines is 1. The minimum Gasteiger partial charge on any atom is -0.452 e. The van der Waals surface area contributed by atoms with Crippen molar-refractivity contribution in [3.05, 3.63) is 68.4 Å². The van der Waals surface area contributed by atoms with Gasteiger partial charge in [0.15, 0.2) is 6.61 Å². The molecule has 0 radical (unpaired) electrons. The van der Waals surface area contributed by atoms with Crippen LogP contribution >= 0.6 is 31.9 Å². The first-order valence-electron chi connectivity index (χ1n) is 7.21. The second-order valence-electron chi connectivity index (χ2n) is 5.11. The maximum atomic E-state index is 13.4. The summed E-state index contributed by atoms with van der Waals surface area (Å²) < 4.78 is 19.7. The van der Waals surface area contributed by atoms with E-state index in [9.17, 15) is 14.0 Å². The predicted molar refractivity (Wildman–Crippen MR) is 102 cm³/mol. The Hall–Kier alpha value is -1.99. The van der Waals surface area contributed by atoms with Crippen molar-refractivity contribution in [1.29, 1.82) is 0 Å². The fourth-order valence-electron chi connectivity index (χ4n) is 1.95. The van der Waals surface area contributed by atoms with Crippen LogP contribution in [0.3, 0.4) is 0 Å². The number of halogens is 3. The molecule has 7 heteroatoms. The lowest BCUT2D eigenvalue weighted by molar-refractivity contribution is -0.142. The van der Waals surface area contributed by atoms with Crippen LogP contribution in [-0.4, -0.2) is 18.5 Å². The van der Waals surface area contributed by atoms with Crippen LogP contribution in [0.15, 0.2) is 51.4 Å². The van der Waals surface area contributed by atoms with Gasteiger partial charge in [-0.2, -0.15) is 0 Å². The van der Waals surface area contributed by atoms with E-state index in [1.165, 1.54) is 18.2 Å². The molecule has 2 rings (SSSR count). The van der Waals surface area contributed by atoms with Gasteiger partial charge >= 0.3 is 5.97 Å². The average Bonchev–Trinajstić information content (AvgIpc) is 2.55. The summed E-state index contributed by atoms with van der Waals surface area (Å²) in [5, 5.41) is 2.65. The molecule has 0 spiro atoms. The molecule has 0 aliphatic heterocycles. The predicted octanol–water partition coefficient (Wildman–Crippen LogP) is 4.85. The molecule has 0 unspecified atom stereocenters. The molecule has 0 aliphatic carbocycles. The fourth-order valence-corrected chi connectivity index (χ4v) is 3.56. The molecule has 0 fully saturated rings. The van der Waals surface area contributed by atoms with Gasteiger partial charge in [-0.25, -0.2) is 9.18 Å². The Labute approximate surface area is 161 Å². The van der Waals surface area contributed by atoms with E-state index in [1.54, 1.807) is 12.1 Å². The quantitative estimate of drug-likeness (QED) is 0.501. The Morgan fingerprint density at radius 3 is 2.48 bits per heavy atom. The normalized spacial score (nSPS) is 10.7. The molecular formula is C18H14Br2FNO3. The largest absolute Gasteiger partial charge is 0.452 e. The van der Waals surface area contributed by atoms with Crippen molar-refractivity contribution in [2.45, 2.75) is 6.92 Å².